The van der Waals surface area contributed by atoms with Gasteiger partial charge in [-0.25, -0.2) is 4.39 Å². The molecule has 0 unspecified atom stereocenters. The number of amides is 1. The van der Waals surface area contributed by atoms with Crippen LogP contribution < -0.4 is 16.2 Å². The number of rotatable bonds is 5. The topological polar surface area (TPSA) is 53.2 Å². The zero-order valence-corrected chi connectivity index (χ0v) is 18.5. The Hall–Kier alpha value is -2.12. The van der Waals surface area contributed by atoms with Crippen LogP contribution in [-0.2, 0) is 10.5 Å². The van der Waals surface area contributed by atoms with E-state index in [0.717, 1.165) is 5.75 Å². The number of carbonyl (C=O) groups is 1. The van der Waals surface area contributed by atoms with Gasteiger partial charge in [0.15, 0.2) is 5.11 Å². The number of anilines is 1. The lowest BCUT2D eigenvalue weighted by Gasteiger charge is -2.18. The number of hydrazine groups is 1. The lowest BCUT2D eigenvalue weighted by Crippen LogP contribution is -2.44. The molecule has 0 saturated heterocycles. The molecule has 0 fully saturated rings. The number of hydrogen-bond acceptors (Lipinski definition) is 3. The highest BCUT2D eigenvalue weighted by molar-refractivity contribution is 7.99. The molecule has 1 amide bonds. The molecule has 28 heavy (non-hydrogen) atoms. The molecule has 0 radical (unpaired) electrons. The molecule has 0 aliphatic heterocycles. The fourth-order valence-corrected chi connectivity index (χ4v) is 4.10. The molecule has 0 saturated carbocycles. The van der Waals surface area contributed by atoms with Crippen LogP contribution in [0.5, 0.6) is 0 Å². The van der Waals surface area contributed by atoms with E-state index in [1.807, 2.05) is 0 Å². The second-order valence-electron chi connectivity index (χ2n) is 6.73. The lowest BCUT2D eigenvalue weighted by molar-refractivity contribution is -0.119. The first-order valence-corrected chi connectivity index (χ1v) is 10.5. The Labute approximate surface area is 175 Å². The van der Waals surface area contributed by atoms with E-state index in [1.165, 1.54) is 45.5 Å². The Balaban J connectivity index is 1.81. The smallest absolute Gasteiger partial charge is 0.248 e. The number of thioether (sulfide) groups is 1. The highest BCUT2D eigenvalue weighted by Crippen LogP contribution is 2.28. The molecule has 0 aromatic heterocycles. The minimum atomic E-state index is -0.361. The zero-order valence-electron chi connectivity index (χ0n) is 16.8. The van der Waals surface area contributed by atoms with Crippen LogP contribution in [0.15, 0.2) is 24.3 Å². The standard InChI is InChI=1S/C21H26FN3OS2/c1-12-13(2)15(4)19(16(5)14(12)3)10-28-11-20(26)24-25-21(27)23-18-8-6-7-17(22)9-18/h6-9H,10-11H2,1-5H3,(H,24,26)(H2,23,25,27). The van der Waals surface area contributed by atoms with E-state index in [0.29, 0.717) is 11.4 Å². The number of benzene rings is 2. The highest BCUT2D eigenvalue weighted by atomic mass is 32.2. The minimum Gasteiger partial charge on any atom is -0.331 e. The first kappa shape index (κ1) is 22.2. The van der Waals surface area contributed by atoms with E-state index in [4.69, 9.17) is 12.2 Å². The average molecular weight is 420 g/mol. The van der Waals surface area contributed by atoms with Crippen molar-refractivity contribution in [3.8, 4) is 0 Å². The van der Waals surface area contributed by atoms with E-state index in [1.54, 1.807) is 23.9 Å². The van der Waals surface area contributed by atoms with Gasteiger partial charge in [-0.3, -0.25) is 15.6 Å². The fourth-order valence-electron chi connectivity index (χ4n) is 2.93. The van der Waals surface area contributed by atoms with Crippen molar-refractivity contribution in [3.63, 3.8) is 0 Å². The van der Waals surface area contributed by atoms with Crippen LogP contribution in [0.1, 0.15) is 33.4 Å². The molecule has 0 spiro atoms. The molecule has 4 nitrogen and oxygen atoms in total. The Morgan fingerprint density at radius 1 is 1.00 bits per heavy atom. The van der Waals surface area contributed by atoms with Gasteiger partial charge in [0.2, 0.25) is 5.91 Å². The van der Waals surface area contributed by atoms with Gasteiger partial charge in [0, 0.05) is 11.4 Å². The van der Waals surface area contributed by atoms with E-state index >= 15 is 0 Å². The highest BCUT2D eigenvalue weighted by Gasteiger charge is 2.13. The van der Waals surface area contributed by atoms with Crippen LogP contribution >= 0.6 is 24.0 Å². The number of halogens is 1. The van der Waals surface area contributed by atoms with Crippen LogP contribution in [0.4, 0.5) is 10.1 Å². The summed E-state index contributed by atoms with van der Waals surface area (Å²) in [6.45, 7) is 10.7. The molecule has 0 aliphatic rings. The molecule has 3 N–H and O–H groups in total. The second kappa shape index (κ2) is 9.89. The third kappa shape index (κ3) is 5.69. The molecule has 0 atom stereocenters. The van der Waals surface area contributed by atoms with Crippen LogP contribution in [0.3, 0.4) is 0 Å². The molecule has 2 aromatic carbocycles. The molecule has 0 bridgehead atoms. The second-order valence-corrected chi connectivity index (χ2v) is 8.13. The normalized spacial score (nSPS) is 10.5. The summed E-state index contributed by atoms with van der Waals surface area (Å²) in [4.78, 5) is 12.1. The third-order valence-electron chi connectivity index (χ3n) is 5.03. The quantitative estimate of drug-likeness (QED) is 0.488. The van der Waals surface area contributed by atoms with E-state index in [2.05, 4.69) is 50.8 Å². The lowest BCUT2D eigenvalue weighted by atomic mass is 9.90. The van der Waals surface area contributed by atoms with Crippen molar-refractivity contribution in [1.29, 1.82) is 0 Å². The van der Waals surface area contributed by atoms with Crippen LogP contribution in [0.25, 0.3) is 0 Å². The molecular formula is C21H26FN3OS2. The van der Waals surface area contributed by atoms with E-state index < -0.39 is 0 Å². The number of hydrogen-bond donors (Lipinski definition) is 3. The number of thiocarbonyl (C=S) groups is 1. The Morgan fingerprint density at radius 2 is 1.61 bits per heavy atom. The fraction of sp³-hybridized carbons (Fsp3) is 0.333. The summed E-state index contributed by atoms with van der Waals surface area (Å²) in [5.74, 6) is 0.545. The third-order valence-corrected chi connectivity index (χ3v) is 6.20. The summed E-state index contributed by atoms with van der Waals surface area (Å²) in [7, 11) is 0. The van der Waals surface area contributed by atoms with E-state index in [9.17, 15) is 9.18 Å². The average Bonchev–Trinajstić information content (AvgIpc) is 2.66. The predicted octanol–water partition coefficient (Wildman–Crippen LogP) is 4.62. The van der Waals surface area contributed by atoms with Gasteiger partial charge in [-0.15, -0.1) is 11.8 Å². The summed E-state index contributed by atoms with van der Waals surface area (Å²) in [6, 6.07) is 5.93. The van der Waals surface area contributed by atoms with Gasteiger partial charge >= 0.3 is 0 Å². The molecule has 2 aromatic rings. The SMILES string of the molecule is Cc1c(C)c(C)c(CSCC(=O)NNC(=S)Nc2cccc(F)c2)c(C)c1C. The van der Waals surface area contributed by atoms with Gasteiger partial charge < -0.3 is 5.32 Å². The van der Waals surface area contributed by atoms with Crippen molar-refractivity contribution in [2.24, 2.45) is 0 Å². The maximum Gasteiger partial charge on any atom is 0.248 e. The summed E-state index contributed by atoms with van der Waals surface area (Å²) in [5.41, 5.74) is 13.6. The molecular weight excluding hydrogens is 393 g/mol. The Bertz CT molecular complexity index is 870. The molecule has 2 rings (SSSR count). The van der Waals surface area contributed by atoms with Gasteiger partial charge in [0.25, 0.3) is 0 Å². The number of nitrogens with one attached hydrogen (secondary N) is 3. The van der Waals surface area contributed by atoms with Gasteiger partial charge in [-0.1, -0.05) is 6.07 Å². The zero-order chi connectivity index (χ0) is 20.8. The van der Waals surface area contributed by atoms with Crippen molar-refractivity contribution in [3.05, 3.63) is 63.5 Å². The Morgan fingerprint density at radius 3 is 2.21 bits per heavy atom. The van der Waals surface area contributed by atoms with Gasteiger partial charge in [-0.05, 0) is 98.4 Å². The summed E-state index contributed by atoms with van der Waals surface area (Å²) in [6.07, 6.45) is 0. The summed E-state index contributed by atoms with van der Waals surface area (Å²) in [5, 5.41) is 3.01. The molecule has 0 aliphatic carbocycles. The maximum atomic E-state index is 13.2. The van der Waals surface area contributed by atoms with Gasteiger partial charge in [-0.2, -0.15) is 0 Å². The van der Waals surface area contributed by atoms with Crippen molar-refractivity contribution in [1.82, 2.24) is 10.9 Å². The van der Waals surface area contributed by atoms with Crippen molar-refractivity contribution < 1.29 is 9.18 Å². The van der Waals surface area contributed by atoms with E-state index in [-0.39, 0.29) is 16.8 Å². The van der Waals surface area contributed by atoms with Crippen molar-refractivity contribution >= 4 is 40.7 Å². The maximum absolute atomic E-state index is 13.2. The summed E-state index contributed by atoms with van der Waals surface area (Å²) < 4.78 is 13.2. The largest absolute Gasteiger partial charge is 0.331 e. The molecule has 150 valence electrons. The number of carbonyl (C=O) groups excluding carboxylic acids is 1. The van der Waals surface area contributed by atoms with Crippen LogP contribution in [0, 0.1) is 40.4 Å². The monoisotopic (exact) mass is 419 g/mol. The Kier molecular flexibility index (Phi) is 7.83. The van der Waals surface area contributed by atoms with Gasteiger partial charge in [0.05, 0.1) is 5.75 Å². The molecule has 7 heteroatoms. The van der Waals surface area contributed by atoms with Crippen molar-refractivity contribution in [2.75, 3.05) is 11.1 Å². The van der Waals surface area contributed by atoms with Gasteiger partial charge in [0.1, 0.15) is 5.82 Å². The minimum absolute atomic E-state index is 0.177. The summed E-state index contributed by atoms with van der Waals surface area (Å²) >= 11 is 6.65. The first-order chi connectivity index (χ1) is 13.2. The molecule has 0 heterocycles. The van der Waals surface area contributed by atoms with Crippen LogP contribution in [-0.4, -0.2) is 16.8 Å². The van der Waals surface area contributed by atoms with Crippen molar-refractivity contribution in [2.45, 2.75) is 40.4 Å². The first-order valence-electron chi connectivity index (χ1n) is 8.95. The van der Waals surface area contributed by atoms with Crippen LogP contribution in [0.2, 0.25) is 0 Å². The predicted molar refractivity (Wildman–Crippen MR) is 120 cm³/mol.